The molecule has 1 aromatic carbocycles. The lowest BCUT2D eigenvalue weighted by atomic mass is 10.00. The molecule has 2 aromatic rings. The summed E-state index contributed by atoms with van der Waals surface area (Å²) >= 11 is 0. The largest absolute Gasteiger partial charge is 0.394 e. The predicted molar refractivity (Wildman–Crippen MR) is 77.8 cm³/mol. The number of aliphatic hydroxyl groups is 1. The first-order valence-electron chi connectivity index (χ1n) is 6.54. The Bertz CT molecular complexity index is 687. The molecule has 3 N–H and O–H groups in total. The zero-order valence-electron chi connectivity index (χ0n) is 11.6. The number of para-hydroxylation sites is 1. The fraction of sp³-hybridized carbons (Fsp3) is 0.333. The maximum atomic E-state index is 12.2. The molecule has 0 saturated heterocycles. The van der Waals surface area contributed by atoms with Gasteiger partial charge in [-0.15, -0.1) is 0 Å². The molecule has 0 radical (unpaired) electrons. The highest BCUT2D eigenvalue weighted by molar-refractivity contribution is 5.95. The van der Waals surface area contributed by atoms with Crippen molar-refractivity contribution in [3.8, 4) is 0 Å². The van der Waals surface area contributed by atoms with Gasteiger partial charge in [0.25, 0.3) is 5.91 Å². The van der Waals surface area contributed by atoms with Gasteiger partial charge >= 0.3 is 0 Å². The summed E-state index contributed by atoms with van der Waals surface area (Å²) in [6.45, 7) is 3.47. The van der Waals surface area contributed by atoms with E-state index in [2.05, 4.69) is 10.3 Å². The van der Waals surface area contributed by atoms with E-state index in [9.17, 15) is 14.7 Å². The van der Waals surface area contributed by atoms with Gasteiger partial charge in [-0.2, -0.15) is 0 Å². The number of aliphatic hydroxyl groups excluding tert-OH is 1. The summed E-state index contributed by atoms with van der Waals surface area (Å²) in [5.41, 5.74) is -0.0829. The number of benzene rings is 1. The van der Waals surface area contributed by atoms with Gasteiger partial charge in [0.15, 0.2) is 5.43 Å². The van der Waals surface area contributed by atoms with E-state index in [1.165, 1.54) is 6.07 Å². The second kappa shape index (κ2) is 5.46. The Balaban J connectivity index is 2.38. The molecular weight excluding hydrogens is 256 g/mol. The summed E-state index contributed by atoms with van der Waals surface area (Å²) in [7, 11) is 0. The van der Waals surface area contributed by atoms with Crippen LogP contribution in [-0.2, 0) is 0 Å². The maximum Gasteiger partial charge on any atom is 0.268 e. The molecule has 5 heteroatoms. The molecule has 5 nitrogen and oxygen atoms in total. The zero-order valence-corrected chi connectivity index (χ0v) is 11.6. The van der Waals surface area contributed by atoms with E-state index < -0.39 is 11.4 Å². The van der Waals surface area contributed by atoms with Crippen LogP contribution >= 0.6 is 0 Å². The molecule has 0 aliphatic carbocycles. The molecule has 20 heavy (non-hydrogen) atoms. The maximum absolute atomic E-state index is 12.2. The van der Waals surface area contributed by atoms with Gasteiger partial charge in [0.1, 0.15) is 5.69 Å². The van der Waals surface area contributed by atoms with Crippen LogP contribution in [-0.4, -0.2) is 28.1 Å². The standard InChI is InChI=1S/C15H18N2O3/c1-3-15(2,9-18)17-14(20)12-8-13(19)10-6-4-5-7-11(10)16-12/h4-8,18H,3,9H2,1-2H3,(H,16,19)(H,17,20). The molecule has 0 aliphatic heterocycles. The molecule has 1 heterocycles. The van der Waals surface area contributed by atoms with Gasteiger partial charge in [0.05, 0.1) is 12.1 Å². The number of hydrogen-bond acceptors (Lipinski definition) is 3. The number of H-pyrrole nitrogens is 1. The highest BCUT2D eigenvalue weighted by atomic mass is 16.3. The summed E-state index contributed by atoms with van der Waals surface area (Å²) in [4.78, 5) is 27.1. The van der Waals surface area contributed by atoms with Crippen molar-refractivity contribution in [2.24, 2.45) is 0 Å². The smallest absolute Gasteiger partial charge is 0.268 e. The summed E-state index contributed by atoms with van der Waals surface area (Å²) in [5, 5.41) is 12.6. The SMILES string of the molecule is CCC(C)(CO)NC(=O)c1cc(=O)c2ccccc2[nH]1. The number of carbonyl (C=O) groups is 1. The van der Waals surface area contributed by atoms with Crippen LogP contribution in [0.4, 0.5) is 0 Å². The molecule has 2 rings (SSSR count). The highest BCUT2D eigenvalue weighted by Gasteiger charge is 2.24. The van der Waals surface area contributed by atoms with E-state index in [0.717, 1.165) is 0 Å². The van der Waals surface area contributed by atoms with Crippen LogP contribution in [0.3, 0.4) is 0 Å². The van der Waals surface area contributed by atoms with Crippen molar-refractivity contribution in [2.45, 2.75) is 25.8 Å². The molecule has 106 valence electrons. The van der Waals surface area contributed by atoms with Crippen LogP contribution in [0.1, 0.15) is 30.8 Å². The topological polar surface area (TPSA) is 82.2 Å². The first kappa shape index (κ1) is 14.3. The minimum absolute atomic E-state index is 0.160. The molecule has 1 atom stereocenters. The number of rotatable bonds is 4. The lowest BCUT2D eigenvalue weighted by molar-refractivity contribution is 0.0842. The number of pyridine rings is 1. The molecule has 1 amide bonds. The second-order valence-electron chi connectivity index (χ2n) is 5.12. The third-order valence-corrected chi connectivity index (χ3v) is 3.53. The first-order chi connectivity index (χ1) is 9.49. The molecule has 1 unspecified atom stereocenters. The molecule has 0 spiro atoms. The van der Waals surface area contributed by atoms with E-state index in [1.807, 2.05) is 6.92 Å². The summed E-state index contributed by atoms with van der Waals surface area (Å²) < 4.78 is 0. The number of carbonyl (C=O) groups excluding carboxylic acids is 1. The number of aromatic nitrogens is 1. The average molecular weight is 274 g/mol. The van der Waals surface area contributed by atoms with Gasteiger partial charge in [-0.3, -0.25) is 9.59 Å². The molecule has 0 bridgehead atoms. The van der Waals surface area contributed by atoms with Gasteiger partial charge in [0, 0.05) is 17.0 Å². The molecule has 0 saturated carbocycles. The third-order valence-electron chi connectivity index (χ3n) is 3.53. The number of fused-ring (bicyclic) bond motifs is 1. The Hall–Kier alpha value is -2.14. The molecule has 0 fully saturated rings. The van der Waals surface area contributed by atoms with Crippen molar-refractivity contribution in [2.75, 3.05) is 6.61 Å². The van der Waals surface area contributed by atoms with Crippen LogP contribution in [0.5, 0.6) is 0 Å². The Labute approximate surface area is 116 Å². The Kier molecular flexibility index (Phi) is 3.90. The number of aromatic amines is 1. The van der Waals surface area contributed by atoms with Crippen molar-refractivity contribution in [1.82, 2.24) is 10.3 Å². The van der Waals surface area contributed by atoms with E-state index in [4.69, 9.17) is 0 Å². The highest BCUT2D eigenvalue weighted by Crippen LogP contribution is 2.11. The fourth-order valence-electron chi connectivity index (χ4n) is 1.90. The summed E-state index contributed by atoms with van der Waals surface area (Å²) in [6, 6.07) is 8.31. The predicted octanol–water partition coefficient (Wildman–Crippen LogP) is 1.42. The van der Waals surface area contributed by atoms with Gasteiger partial charge in [-0.1, -0.05) is 19.1 Å². The van der Waals surface area contributed by atoms with Crippen molar-refractivity contribution < 1.29 is 9.90 Å². The molecule has 1 aromatic heterocycles. The minimum atomic E-state index is -0.695. The van der Waals surface area contributed by atoms with Crippen LogP contribution in [0.15, 0.2) is 35.1 Å². The Morgan fingerprint density at radius 1 is 1.40 bits per heavy atom. The van der Waals surface area contributed by atoms with Crippen molar-refractivity contribution in [1.29, 1.82) is 0 Å². The summed E-state index contributed by atoms with van der Waals surface area (Å²) in [6.07, 6.45) is 0.590. The lowest BCUT2D eigenvalue weighted by Crippen LogP contribution is -2.48. The van der Waals surface area contributed by atoms with E-state index in [0.29, 0.717) is 17.3 Å². The molecule has 0 aliphatic rings. The Morgan fingerprint density at radius 3 is 2.75 bits per heavy atom. The minimum Gasteiger partial charge on any atom is -0.394 e. The Morgan fingerprint density at radius 2 is 2.10 bits per heavy atom. The van der Waals surface area contributed by atoms with Crippen molar-refractivity contribution >= 4 is 16.8 Å². The number of amides is 1. The van der Waals surface area contributed by atoms with Crippen LogP contribution < -0.4 is 10.7 Å². The van der Waals surface area contributed by atoms with Gasteiger partial charge in [-0.25, -0.2) is 0 Å². The van der Waals surface area contributed by atoms with Gasteiger partial charge < -0.3 is 15.4 Å². The lowest BCUT2D eigenvalue weighted by Gasteiger charge is -2.27. The second-order valence-corrected chi connectivity index (χ2v) is 5.12. The van der Waals surface area contributed by atoms with Crippen molar-refractivity contribution in [3.63, 3.8) is 0 Å². The van der Waals surface area contributed by atoms with Gasteiger partial charge in [-0.05, 0) is 25.5 Å². The van der Waals surface area contributed by atoms with Gasteiger partial charge in [0.2, 0.25) is 0 Å². The number of hydrogen-bond donors (Lipinski definition) is 3. The van der Waals surface area contributed by atoms with E-state index >= 15 is 0 Å². The monoisotopic (exact) mass is 274 g/mol. The zero-order chi connectivity index (χ0) is 14.8. The number of nitrogens with one attached hydrogen (secondary N) is 2. The van der Waals surface area contributed by atoms with Crippen LogP contribution in [0, 0.1) is 0 Å². The fourth-order valence-corrected chi connectivity index (χ4v) is 1.90. The quantitative estimate of drug-likeness (QED) is 0.788. The average Bonchev–Trinajstić information content (AvgIpc) is 2.47. The van der Waals surface area contributed by atoms with E-state index in [-0.39, 0.29) is 17.7 Å². The first-order valence-corrected chi connectivity index (χ1v) is 6.54. The summed E-state index contributed by atoms with van der Waals surface area (Å²) in [5.74, 6) is -0.397. The molecular formula is C15H18N2O3. The van der Waals surface area contributed by atoms with Crippen molar-refractivity contribution in [3.05, 3.63) is 46.2 Å². The van der Waals surface area contributed by atoms with Crippen LogP contribution in [0.25, 0.3) is 10.9 Å². The third kappa shape index (κ3) is 2.72. The van der Waals surface area contributed by atoms with E-state index in [1.54, 1.807) is 31.2 Å². The van der Waals surface area contributed by atoms with Crippen LogP contribution in [0.2, 0.25) is 0 Å². The normalized spacial score (nSPS) is 13.9.